The average molecular weight is 179 g/mol. The average Bonchev–Trinajstić information content (AvgIpc) is 2.08. The highest BCUT2D eigenvalue weighted by Crippen LogP contribution is 2.11. The molecule has 3 N–H and O–H groups in total. The van der Waals surface area contributed by atoms with Crippen LogP contribution >= 0.6 is 0 Å². The van der Waals surface area contributed by atoms with Gasteiger partial charge < -0.3 is 11.1 Å². The lowest BCUT2D eigenvalue weighted by molar-refractivity contribution is -0.117. The number of hydrogen-bond acceptors (Lipinski definition) is 3. The monoisotopic (exact) mass is 179 g/mol. The van der Waals surface area contributed by atoms with Gasteiger partial charge >= 0.3 is 0 Å². The van der Waals surface area contributed by atoms with E-state index >= 15 is 0 Å². The molecule has 0 bridgehead atoms. The van der Waals surface area contributed by atoms with Gasteiger partial charge in [-0.05, 0) is 25.5 Å². The van der Waals surface area contributed by atoms with E-state index in [1.165, 1.54) is 0 Å². The summed E-state index contributed by atoms with van der Waals surface area (Å²) < 4.78 is 0. The zero-order chi connectivity index (χ0) is 9.84. The van der Waals surface area contributed by atoms with Crippen LogP contribution in [0.3, 0.4) is 0 Å². The van der Waals surface area contributed by atoms with E-state index < -0.39 is 6.04 Å². The summed E-state index contributed by atoms with van der Waals surface area (Å²) in [7, 11) is 0. The third kappa shape index (κ3) is 2.52. The summed E-state index contributed by atoms with van der Waals surface area (Å²) in [6, 6.07) is 1.25. The number of aryl methyl sites for hydroxylation is 1. The molecule has 4 nitrogen and oxygen atoms in total. The van der Waals surface area contributed by atoms with E-state index in [1.807, 2.05) is 6.92 Å². The van der Waals surface area contributed by atoms with Crippen molar-refractivity contribution in [2.75, 3.05) is 5.32 Å². The lowest BCUT2D eigenvalue weighted by atomic mass is 10.2. The van der Waals surface area contributed by atoms with Gasteiger partial charge in [0.2, 0.25) is 5.91 Å². The van der Waals surface area contributed by atoms with Crippen LogP contribution in [0.5, 0.6) is 0 Å². The quantitative estimate of drug-likeness (QED) is 0.701. The number of rotatable bonds is 2. The van der Waals surface area contributed by atoms with E-state index in [4.69, 9.17) is 5.73 Å². The van der Waals surface area contributed by atoms with Crippen LogP contribution in [0.2, 0.25) is 0 Å². The lowest BCUT2D eigenvalue weighted by Gasteiger charge is -2.09. The van der Waals surface area contributed by atoms with Crippen LogP contribution in [-0.4, -0.2) is 16.9 Å². The van der Waals surface area contributed by atoms with Crippen molar-refractivity contribution in [2.24, 2.45) is 5.73 Å². The summed E-state index contributed by atoms with van der Waals surface area (Å²) >= 11 is 0. The molecular formula is C9H13N3O. The second-order valence-electron chi connectivity index (χ2n) is 2.97. The van der Waals surface area contributed by atoms with Crippen molar-refractivity contribution in [2.45, 2.75) is 19.9 Å². The Morgan fingerprint density at radius 2 is 2.38 bits per heavy atom. The second kappa shape index (κ2) is 4.00. The Morgan fingerprint density at radius 1 is 1.69 bits per heavy atom. The summed E-state index contributed by atoms with van der Waals surface area (Å²) in [5.41, 5.74) is 7.09. The smallest absolute Gasteiger partial charge is 0.241 e. The van der Waals surface area contributed by atoms with Crippen LogP contribution in [0.4, 0.5) is 5.69 Å². The first kappa shape index (κ1) is 9.67. The Labute approximate surface area is 77.2 Å². The van der Waals surface area contributed by atoms with Crippen LogP contribution in [-0.2, 0) is 4.79 Å². The molecule has 0 aliphatic rings. The van der Waals surface area contributed by atoms with Gasteiger partial charge in [0.1, 0.15) is 0 Å². The molecule has 1 aromatic rings. The van der Waals surface area contributed by atoms with Crippen molar-refractivity contribution in [1.82, 2.24) is 4.98 Å². The van der Waals surface area contributed by atoms with E-state index in [2.05, 4.69) is 10.3 Å². The Kier molecular flexibility index (Phi) is 2.97. The van der Waals surface area contributed by atoms with E-state index in [-0.39, 0.29) is 5.91 Å². The molecule has 70 valence electrons. The Bertz CT molecular complexity index is 309. The summed E-state index contributed by atoms with van der Waals surface area (Å²) in [6.07, 6.45) is 3.32. The van der Waals surface area contributed by atoms with Gasteiger partial charge in [0, 0.05) is 18.1 Å². The molecule has 0 saturated heterocycles. The topological polar surface area (TPSA) is 68.0 Å². The highest BCUT2D eigenvalue weighted by atomic mass is 16.2. The minimum atomic E-state index is -0.493. The van der Waals surface area contributed by atoms with Crippen LogP contribution in [0, 0.1) is 6.92 Å². The van der Waals surface area contributed by atoms with Crippen LogP contribution < -0.4 is 11.1 Å². The zero-order valence-corrected chi connectivity index (χ0v) is 7.74. The highest BCUT2D eigenvalue weighted by molar-refractivity contribution is 5.94. The lowest BCUT2D eigenvalue weighted by Crippen LogP contribution is -2.32. The molecule has 0 aliphatic carbocycles. The Balaban J connectivity index is 2.75. The fraction of sp³-hybridized carbons (Fsp3) is 0.333. The molecule has 1 rings (SSSR count). The minimum Gasteiger partial charge on any atom is -0.324 e. The standard InChI is InChI=1S/C9H13N3O/c1-6-5-11-4-3-8(6)12-9(13)7(2)10/h3-5,7H,10H2,1-2H3,(H,11,12,13)/t7-/m1/s1. The number of nitrogens with two attached hydrogens (primary N) is 1. The summed E-state index contributed by atoms with van der Waals surface area (Å²) in [5, 5.41) is 2.71. The molecule has 0 fully saturated rings. The van der Waals surface area contributed by atoms with Gasteiger partial charge in [-0.15, -0.1) is 0 Å². The number of hydrogen-bond donors (Lipinski definition) is 2. The zero-order valence-electron chi connectivity index (χ0n) is 7.74. The Hall–Kier alpha value is -1.42. The van der Waals surface area contributed by atoms with Crippen molar-refractivity contribution in [1.29, 1.82) is 0 Å². The molecule has 4 heteroatoms. The van der Waals surface area contributed by atoms with Crippen LogP contribution in [0.25, 0.3) is 0 Å². The van der Waals surface area contributed by atoms with Crippen LogP contribution in [0.1, 0.15) is 12.5 Å². The molecule has 1 amide bonds. The van der Waals surface area contributed by atoms with E-state index in [9.17, 15) is 4.79 Å². The first-order valence-corrected chi connectivity index (χ1v) is 4.08. The number of amides is 1. The van der Waals surface area contributed by atoms with Gasteiger partial charge in [-0.1, -0.05) is 0 Å². The molecule has 0 radical (unpaired) electrons. The number of nitrogens with one attached hydrogen (secondary N) is 1. The minimum absolute atomic E-state index is 0.186. The predicted molar refractivity (Wildman–Crippen MR) is 51.3 cm³/mol. The van der Waals surface area contributed by atoms with Gasteiger partial charge in [0.05, 0.1) is 6.04 Å². The van der Waals surface area contributed by atoms with Gasteiger partial charge in [0.15, 0.2) is 0 Å². The third-order valence-electron chi connectivity index (χ3n) is 1.69. The number of nitrogens with zero attached hydrogens (tertiary/aromatic N) is 1. The fourth-order valence-electron chi connectivity index (χ4n) is 0.860. The first-order chi connectivity index (χ1) is 6.11. The molecule has 0 saturated carbocycles. The molecule has 0 unspecified atom stereocenters. The maximum atomic E-state index is 11.2. The number of anilines is 1. The largest absolute Gasteiger partial charge is 0.324 e. The molecule has 0 aliphatic heterocycles. The highest BCUT2D eigenvalue weighted by Gasteiger charge is 2.08. The molecular weight excluding hydrogens is 166 g/mol. The molecule has 13 heavy (non-hydrogen) atoms. The number of carbonyl (C=O) groups is 1. The predicted octanol–water partition coefficient (Wildman–Crippen LogP) is 0.676. The van der Waals surface area contributed by atoms with Gasteiger partial charge in [0.25, 0.3) is 0 Å². The molecule has 0 spiro atoms. The van der Waals surface area contributed by atoms with Gasteiger partial charge in [-0.3, -0.25) is 9.78 Å². The summed E-state index contributed by atoms with van der Waals surface area (Å²) in [4.78, 5) is 15.1. The summed E-state index contributed by atoms with van der Waals surface area (Å²) in [6.45, 7) is 3.52. The maximum Gasteiger partial charge on any atom is 0.241 e. The van der Waals surface area contributed by atoms with Crippen molar-refractivity contribution >= 4 is 11.6 Å². The summed E-state index contributed by atoms with van der Waals surface area (Å²) in [5.74, 6) is -0.186. The van der Waals surface area contributed by atoms with E-state index in [0.717, 1.165) is 11.3 Å². The molecule has 1 atom stereocenters. The first-order valence-electron chi connectivity index (χ1n) is 4.08. The van der Waals surface area contributed by atoms with Gasteiger partial charge in [-0.2, -0.15) is 0 Å². The fourth-order valence-corrected chi connectivity index (χ4v) is 0.860. The van der Waals surface area contributed by atoms with Crippen molar-refractivity contribution < 1.29 is 4.79 Å². The third-order valence-corrected chi connectivity index (χ3v) is 1.69. The number of pyridine rings is 1. The van der Waals surface area contributed by atoms with Crippen molar-refractivity contribution in [3.63, 3.8) is 0 Å². The van der Waals surface area contributed by atoms with Gasteiger partial charge in [-0.25, -0.2) is 0 Å². The van der Waals surface area contributed by atoms with E-state index in [0.29, 0.717) is 0 Å². The van der Waals surface area contributed by atoms with Crippen molar-refractivity contribution in [3.8, 4) is 0 Å². The van der Waals surface area contributed by atoms with E-state index in [1.54, 1.807) is 25.4 Å². The van der Waals surface area contributed by atoms with Crippen LogP contribution in [0.15, 0.2) is 18.5 Å². The molecule has 1 aromatic heterocycles. The Morgan fingerprint density at radius 3 is 2.92 bits per heavy atom. The SMILES string of the molecule is Cc1cnccc1NC(=O)[C@@H](C)N. The number of aromatic nitrogens is 1. The molecule has 0 aromatic carbocycles. The normalized spacial score (nSPS) is 12.2. The van der Waals surface area contributed by atoms with Crippen molar-refractivity contribution in [3.05, 3.63) is 24.0 Å². The second-order valence-corrected chi connectivity index (χ2v) is 2.97. The number of carbonyl (C=O) groups excluding carboxylic acids is 1. The molecule has 1 heterocycles. The maximum absolute atomic E-state index is 11.2.